The molecule has 1 aliphatic heterocycles. The van der Waals surface area contributed by atoms with Gasteiger partial charge in [-0.05, 0) is 24.3 Å². The molecule has 0 aliphatic carbocycles. The maximum atomic E-state index is 9.53. The molecule has 1 heterocycles. The van der Waals surface area contributed by atoms with Gasteiger partial charge >= 0.3 is 0 Å². The molecule has 5 heteroatoms. The Morgan fingerprint density at radius 2 is 1.95 bits per heavy atom. The SMILES string of the molecule is CON1CN=c2cc(O)ccc2=C1Oc1ccccc1. The van der Waals surface area contributed by atoms with Crippen LogP contribution in [0.5, 0.6) is 11.5 Å². The van der Waals surface area contributed by atoms with Crippen LogP contribution in [0.25, 0.3) is 5.88 Å². The summed E-state index contributed by atoms with van der Waals surface area (Å²) in [6.07, 6.45) is 0. The fourth-order valence-corrected chi connectivity index (χ4v) is 2.02. The van der Waals surface area contributed by atoms with Gasteiger partial charge in [-0.3, -0.25) is 9.83 Å². The molecule has 0 amide bonds. The highest BCUT2D eigenvalue weighted by Gasteiger charge is 2.17. The molecule has 5 nitrogen and oxygen atoms in total. The molecule has 0 bridgehead atoms. The van der Waals surface area contributed by atoms with E-state index in [9.17, 15) is 5.11 Å². The van der Waals surface area contributed by atoms with E-state index in [0.717, 1.165) is 5.22 Å². The van der Waals surface area contributed by atoms with E-state index in [-0.39, 0.29) is 5.75 Å². The average Bonchev–Trinajstić information content (AvgIpc) is 2.48. The summed E-state index contributed by atoms with van der Waals surface area (Å²) in [6.45, 7) is 0.315. The van der Waals surface area contributed by atoms with Crippen molar-refractivity contribution in [3.05, 3.63) is 59.1 Å². The zero-order valence-electron chi connectivity index (χ0n) is 11.0. The Morgan fingerprint density at radius 3 is 2.70 bits per heavy atom. The van der Waals surface area contributed by atoms with Crippen LogP contribution in [0.1, 0.15) is 0 Å². The van der Waals surface area contributed by atoms with Crippen molar-refractivity contribution in [3.8, 4) is 11.5 Å². The quantitative estimate of drug-likeness (QED) is 0.903. The van der Waals surface area contributed by atoms with Crippen LogP contribution in [-0.4, -0.2) is 23.9 Å². The van der Waals surface area contributed by atoms with Gasteiger partial charge in [-0.15, -0.1) is 0 Å². The van der Waals surface area contributed by atoms with E-state index in [1.807, 2.05) is 30.3 Å². The van der Waals surface area contributed by atoms with Crippen molar-refractivity contribution in [1.29, 1.82) is 0 Å². The van der Waals surface area contributed by atoms with E-state index in [2.05, 4.69) is 4.99 Å². The summed E-state index contributed by atoms with van der Waals surface area (Å²) in [5, 5.41) is 12.6. The Bertz CT molecular complexity index is 729. The minimum Gasteiger partial charge on any atom is -0.508 e. The zero-order chi connectivity index (χ0) is 13.9. The molecule has 0 unspecified atom stereocenters. The fourth-order valence-electron chi connectivity index (χ4n) is 2.02. The van der Waals surface area contributed by atoms with Crippen molar-refractivity contribution in [1.82, 2.24) is 5.06 Å². The van der Waals surface area contributed by atoms with Crippen LogP contribution in [0, 0.1) is 0 Å². The molecule has 0 aromatic heterocycles. The predicted octanol–water partition coefficient (Wildman–Crippen LogP) is 0.991. The maximum absolute atomic E-state index is 9.53. The van der Waals surface area contributed by atoms with Crippen molar-refractivity contribution >= 4 is 5.88 Å². The number of hydrogen-bond acceptors (Lipinski definition) is 5. The minimum atomic E-state index is 0.178. The van der Waals surface area contributed by atoms with Gasteiger partial charge in [0.15, 0.2) is 0 Å². The standard InChI is InChI=1S/C15H14N2O3/c1-19-17-10-16-14-9-11(18)7-8-13(14)15(17)20-12-5-3-2-4-6-12/h2-9,18H,10H2,1H3. The molecule has 2 aromatic carbocycles. The summed E-state index contributed by atoms with van der Waals surface area (Å²) in [7, 11) is 1.56. The molecule has 0 saturated carbocycles. The van der Waals surface area contributed by atoms with Crippen molar-refractivity contribution < 1.29 is 14.7 Å². The Hall–Kier alpha value is -2.53. The number of hydroxylamine groups is 2. The number of hydrogen-bond donors (Lipinski definition) is 1. The van der Waals surface area contributed by atoms with Crippen LogP contribution in [0.4, 0.5) is 0 Å². The Morgan fingerprint density at radius 1 is 1.15 bits per heavy atom. The Kier molecular flexibility index (Phi) is 3.26. The first-order chi connectivity index (χ1) is 9.78. The first-order valence-corrected chi connectivity index (χ1v) is 6.20. The lowest BCUT2D eigenvalue weighted by Crippen LogP contribution is -2.41. The van der Waals surface area contributed by atoms with Crippen molar-refractivity contribution in [3.63, 3.8) is 0 Å². The monoisotopic (exact) mass is 270 g/mol. The van der Waals surface area contributed by atoms with Crippen LogP contribution < -0.4 is 15.3 Å². The summed E-state index contributed by atoms with van der Waals surface area (Å²) >= 11 is 0. The lowest BCUT2D eigenvalue weighted by molar-refractivity contribution is -0.0948. The molecular weight excluding hydrogens is 256 g/mol. The number of para-hydroxylation sites is 1. The normalized spacial score (nSPS) is 13.7. The van der Waals surface area contributed by atoms with E-state index in [1.54, 1.807) is 30.4 Å². The van der Waals surface area contributed by atoms with Gasteiger partial charge in [-0.2, -0.15) is 5.06 Å². The summed E-state index contributed by atoms with van der Waals surface area (Å²) < 4.78 is 5.90. The number of ether oxygens (including phenoxy) is 1. The smallest absolute Gasteiger partial charge is 0.230 e. The summed E-state index contributed by atoms with van der Waals surface area (Å²) in [5.41, 5.74) is 0. The second kappa shape index (κ2) is 5.22. The third-order valence-corrected chi connectivity index (χ3v) is 2.99. The third kappa shape index (κ3) is 2.31. The maximum Gasteiger partial charge on any atom is 0.230 e. The van der Waals surface area contributed by atoms with Crippen molar-refractivity contribution in [2.75, 3.05) is 13.8 Å². The van der Waals surface area contributed by atoms with Gasteiger partial charge in [0.05, 0.1) is 17.7 Å². The molecule has 3 rings (SSSR count). The summed E-state index contributed by atoms with van der Waals surface area (Å²) in [6, 6.07) is 14.4. The Labute approximate surface area is 116 Å². The highest BCUT2D eigenvalue weighted by Crippen LogP contribution is 2.16. The number of benzene rings is 2. The molecule has 0 spiro atoms. The molecule has 0 radical (unpaired) electrons. The highest BCUT2D eigenvalue weighted by atomic mass is 16.7. The molecular formula is C15H14N2O3. The third-order valence-electron chi connectivity index (χ3n) is 2.99. The number of fused-ring (bicyclic) bond motifs is 1. The second-order valence-electron chi connectivity index (χ2n) is 4.28. The zero-order valence-corrected chi connectivity index (χ0v) is 11.0. The van der Waals surface area contributed by atoms with E-state index >= 15 is 0 Å². The van der Waals surface area contributed by atoms with Crippen molar-refractivity contribution in [2.45, 2.75) is 0 Å². The highest BCUT2D eigenvalue weighted by molar-refractivity contribution is 5.41. The Balaban J connectivity index is 2.13. The minimum absolute atomic E-state index is 0.178. The van der Waals surface area contributed by atoms with Crippen molar-refractivity contribution in [2.24, 2.45) is 4.99 Å². The van der Waals surface area contributed by atoms with Crippen LogP contribution in [-0.2, 0) is 4.84 Å². The lowest BCUT2D eigenvalue weighted by atomic mass is 10.2. The van der Waals surface area contributed by atoms with E-state index in [1.165, 1.54) is 0 Å². The summed E-state index contributed by atoms with van der Waals surface area (Å²) in [5.74, 6) is 1.45. The first kappa shape index (κ1) is 12.5. The number of phenols is 1. The topological polar surface area (TPSA) is 54.3 Å². The average molecular weight is 270 g/mol. The van der Waals surface area contributed by atoms with Gasteiger partial charge in [0, 0.05) is 6.07 Å². The largest absolute Gasteiger partial charge is 0.508 e. The van der Waals surface area contributed by atoms with Gasteiger partial charge in [0.1, 0.15) is 18.2 Å². The van der Waals surface area contributed by atoms with Crippen LogP contribution in [0.2, 0.25) is 0 Å². The molecule has 0 atom stereocenters. The molecule has 1 N–H and O–H groups in total. The van der Waals surface area contributed by atoms with Crippen LogP contribution in [0.3, 0.4) is 0 Å². The van der Waals surface area contributed by atoms with Gasteiger partial charge in [0.2, 0.25) is 5.88 Å². The molecule has 102 valence electrons. The number of phenolic OH excluding ortho intramolecular Hbond substituents is 1. The van der Waals surface area contributed by atoms with E-state index in [4.69, 9.17) is 9.57 Å². The second-order valence-corrected chi connectivity index (χ2v) is 4.28. The molecule has 2 aromatic rings. The van der Waals surface area contributed by atoms with E-state index in [0.29, 0.717) is 23.7 Å². The van der Waals surface area contributed by atoms with Crippen LogP contribution >= 0.6 is 0 Å². The summed E-state index contributed by atoms with van der Waals surface area (Å²) in [4.78, 5) is 9.62. The first-order valence-electron chi connectivity index (χ1n) is 6.20. The van der Waals surface area contributed by atoms with Gasteiger partial charge in [-0.1, -0.05) is 18.2 Å². The number of aromatic hydroxyl groups is 1. The molecule has 20 heavy (non-hydrogen) atoms. The van der Waals surface area contributed by atoms with Gasteiger partial charge < -0.3 is 9.84 Å². The fraction of sp³-hybridized carbons (Fsp3) is 0.133. The molecule has 0 saturated heterocycles. The molecule has 0 fully saturated rings. The lowest BCUT2D eigenvalue weighted by Gasteiger charge is -2.24. The van der Waals surface area contributed by atoms with Crippen LogP contribution in [0.15, 0.2) is 53.5 Å². The van der Waals surface area contributed by atoms with Gasteiger partial charge in [-0.25, -0.2) is 0 Å². The molecule has 1 aliphatic rings. The van der Waals surface area contributed by atoms with E-state index < -0.39 is 0 Å². The van der Waals surface area contributed by atoms with Gasteiger partial charge in [0.25, 0.3) is 0 Å². The number of rotatable bonds is 3. The number of nitrogens with zero attached hydrogens (tertiary/aromatic N) is 2. The predicted molar refractivity (Wildman–Crippen MR) is 73.1 cm³/mol.